The van der Waals surface area contributed by atoms with Crippen LogP contribution in [0.4, 0.5) is 17.6 Å². The first kappa shape index (κ1) is 67.9. The van der Waals surface area contributed by atoms with Crippen molar-refractivity contribution in [1.82, 2.24) is 0 Å². The van der Waals surface area contributed by atoms with Gasteiger partial charge in [0, 0.05) is 46.9 Å². The van der Waals surface area contributed by atoms with Gasteiger partial charge in [0.2, 0.25) is 17.3 Å². The number of phenolic OH excluding ortho intramolecular Hbond substituents is 3. The fraction of sp³-hybridized carbons (Fsp3) is 0.0400. The van der Waals surface area contributed by atoms with Gasteiger partial charge in [-0.1, -0.05) is 84.9 Å². The number of halogens is 4. The molecule has 0 spiro atoms. The lowest BCUT2D eigenvalue weighted by Crippen LogP contribution is -2.13. The quantitative estimate of drug-likeness (QED) is 0.0200. The number of fused-ring (bicyclic) bond motifs is 3. The van der Waals surface area contributed by atoms with Gasteiger partial charge in [0.1, 0.15) is 54.9 Å². The van der Waals surface area contributed by atoms with Crippen LogP contribution in [0.3, 0.4) is 0 Å². The summed E-state index contributed by atoms with van der Waals surface area (Å²) in [6, 6.07) is 50.8. The van der Waals surface area contributed by atoms with Gasteiger partial charge < -0.3 is 43.7 Å². The average molecular weight is 1360 g/mol. The van der Waals surface area contributed by atoms with Crippen molar-refractivity contribution in [2.45, 2.75) is 20.0 Å². The molecule has 0 radical (unpaired) electrons. The van der Waals surface area contributed by atoms with E-state index in [-0.39, 0.29) is 51.5 Å². The molecular formula is C75H50F4O15S3. The minimum atomic E-state index is -4.71. The van der Waals surface area contributed by atoms with E-state index in [2.05, 4.69) is 14.2 Å². The van der Waals surface area contributed by atoms with Crippen LogP contribution in [0.1, 0.15) is 79.1 Å². The predicted octanol–water partition coefficient (Wildman–Crippen LogP) is 19.1. The van der Waals surface area contributed by atoms with Crippen LogP contribution in [0.2, 0.25) is 0 Å². The fourth-order valence-electron chi connectivity index (χ4n) is 9.64. The summed E-state index contributed by atoms with van der Waals surface area (Å²) in [7, 11) is 0. The highest BCUT2D eigenvalue weighted by Crippen LogP contribution is 2.47. The highest BCUT2D eigenvalue weighted by Gasteiger charge is 2.36. The molecule has 3 N–H and O–H groups in total. The molecule has 97 heavy (non-hydrogen) atoms. The van der Waals surface area contributed by atoms with Crippen LogP contribution in [0, 0.1) is 19.7 Å². The lowest BCUT2D eigenvalue weighted by Gasteiger charge is -2.12. The van der Waals surface area contributed by atoms with Gasteiger partial charge in [0.25, 0.3) is 19.4 Å². The Balaban J connectivity index is 0.000000158. The van der Waals surface area contributed by atoms with Crippen molar-refractivity contribution in [3.05, 3.63) is 283 Å². The van der Waals surface area contributed by atoms with Crippen LogP contribution in [-0.2, 0) is 34.8 Å². The van der Waals surface area contributed by atoms with Gasteiger partial charge in [-0.05, 0) is 169 Å². The third-order valence-electron chi connectivity index (χ3n) is 14.3. The Bertz CT molecular complexity index is 5010. The Morgan fingerprint density at radius 2 is 0.742 bits per heavy atom. The summed E-state index contributed by atoms with van der Waals surface area (Å²) in [5.41, 5.74) is 3.16. The molecule has 486 valence electrons. The van der Waals surface area contributed by atoms with Crippen LogP contribution in [-0.4, -0.2) is 52.1 Å². The smallest absolute Gasteiger partial charge is 0.417 e. The molecule has 0 aliphatic carbocycles. The summed E-state index contributed by atoms with van der Waals surface area (Å²) in [5.74, 6) is 0.587. The van der Waals surface area contributed by atoms with Crippen molar-refractivity contribution < 1.29 is 90.1 Å². The number of aromatic hydroxyl groups is 3. The lowest BCUT2D eigenvalue weighted by molar-refractivity contribution is -0.138. The van der Waals surface area contributed by atoms with Gasteiger partial charge in [-0.2, -0.15) is 13.2 Å². The zero-order valence-electron chi connectivity index (χ0n) is 50.6. The first-order valence-corrected chi connectivity index (χ1v) is 31.2. The van der Waals surface area contributed by atoms with Gasteiger partial charge >= 0.3 is 6.18 Å². The summed E-state index contributed by atoms with van der Waals surface area (Å²) in [5, 5.41) is 31.5. The first-order valence-electron chi connectivity index (χ1n) is 28.8. The lowest BCUT2D eigenvalue weighted by atomic mass is 10.0. The number of benzene rings is 9. The molecule has 0 unspecified atom stereocenters. The number of phenols is 3. The Hall–Kier alpha value is -12.0. The summed E-state index contributed by atoms with van der Waals surface area (Å²) in [6.07, 6.45) is 3.86. The molecule has 0 saturated heterocycles. The summed E-state index contributed by atoms with van der Waals surface area (Å²) in [6.45, 7) is 4.59. The van der Waals surface area contributed by atoms with Crippen molar-refractivity contribution in [1.29, 1.82) is 0 Å². The number of ether oxygens (including phenoxy) is 6. The third kappa shape index (κ3) is 16.5. The van der Waals surface area contributed by atoms with Gasteiger partial charge in [-0.3, -0.25) is 28.8 Å². The van der Waals surface area contributed by atoms with Crippen molar-refractivity contribution in [3.63, 3.8) is 0 Å². The standard InChI is InChI=1S/C25H15F3O5S.C25H17FO5S.C25H18O5S/c26-25(27,28)20-4-2-1-3-18(20)22(31)24-23(19-10-7-16(30)13-21(19)34-24)33-17-8-5-15(6-9-17)11-12-32-14-29;1-15-2-5-17(26)12-21(15)23(29)25-24(20-9-6-18(28)13-22(20)32-25)31-19-7-3-16(4-8-19)10-11-30-14-27;1-16-4-2-3-5-20(16)23(28)25-24(21-11-8-18(27)14-22(21)31-25)30-19-9-6-17(7-10-19)12-13-29-15-26/h1-14,30H;2-14,28H,1H3;2-15,27H,1H3/b12-11+;11-10+;13-12+. The van der Waals surface area contributed by atoms with E-state index in [0.29, 0.717) is 88.3 Å². The van der Waals surface area contributed by atoms with Crippen LogP contribution in [0.5, 0.6) is 51.7 Å². The van der Waals surface area contributed by atoms with E-state index in [4.69, 9.17) is 14.2 Å². The van der Waals surface area contributed by atoms with Gasteiger partial charge in [-0.15, -0.1) is 34.0 Å². The maximum Gasteiger partial charge on any atom is 0.417 e. The highest BCUT2D eigenvalue weighted by molar-refractivity contribution is 7.22. The maximum atomic E-state index is 13.8. The molecule has 15 nitrogen and oxygen atoms in total. The van der Waals surface area contributed by atoms with E-state index in [1.165, 1.54) is 90.0 Å². The topological polar surface area (TPSA) is 218 Å². The minimum Gasteiger partial charge on any atom is -0.508 e. The molecule has 3 heterocycles. The number of hydrogen-bond acceptors (Lipinski definition) is 18. The molecule has 12 rings (SSSR count). The van der Waals surface area contributed by atoms with Crippen LogP contribution < -0.4 is 14.2 Å². The van der Waals surface area contributed by atoms with E-state index in [1.807, 2.05) is 37.3 Å². The monoisotopic (exact) mass is 1360 g/mol. The van der Waals surface area contributed by atoms with Gasteiger partial charge in [0.15, 0.2) is 17.2 Å². The normalized spacial score (nSPS) is 11.2. The van der Waals surface area contributed by atoms with Gasteiger partial charge in [-0.25, -0.2) is 4.39 Å². The second-order valence-electron chi connectivity index (χ2n) is 20.7. The average Bonchev–Trinajstić information content (AvgIpc) is 1.66. The summed E-state index contributed by atoms with van der Waals surface area (Å²) >= 11 is 3.40. The molecule has 9 aromatic carbocycles. The number of carbonyl (C=O) groups is 6. The van der Waals surface area contributed by atoms with E-state index in [9.17, 15) is 61.6 Å². The SMILES string of the molecule is Cc1ccc(F)cc1C(=O)c1sc2cc(O)ccc2c1Oc1ccc(/C=C/OC=O)cc1.Cc1ccccc1C(=O)c1sc2cc(O)ccc2c1Oc1ccc(/C=C/OC=O)cc1.O=CO/C=C/c1ccc(Oc2c(C(=O)c3ccccc3C(F)(F)F)sc3cc(O)ccc23)cc1. The molecule has 3 aromatic heterocycles. The number of rotatable bonds is 21. The molecular weight excluding hydrogens is 1310 g/mol. The Morgan fingerprint density at radius 3 is 1.11 bits per heavy atom. The molecule has 0 aliphatic heterocycles. The summed E-state index contributed by atoms with van der Waals surface area (Å²) in [4.78, 5) is 71.4. The summed E-state index contributed by atoms with van der Waals surface area (Å²) < 4.78 is 88.2. The molecule has 0 saturated carbocycles. The number of carbonyl (C=O) groups excluding carboxylic acids is 6. The largest absolute Gasteiger partial charge is 0.508 e. The minimum absolute atomic E-state index is 0.0272. The zero-order chi connectivity index (χ0) is 68.8. The van der Waals surface area contributed by atoms with E-state index in [0.717, 1.165) is 50.2 Å². The predicted molar refractivity (Wildman–Crippen MR) is 363 cm³/mol. The molecule has 22 heteroatoms. The van der Waals surface area contributed by atoms with Crippen molar-refractivity contribution in [2.24, 2.45) is 0 Å². The molecule has 12 aromatic rings. The fourth-order valence-corrected chi connectivity index (χ4v) is 13.0. The molecule has 0 atom stereocenters. The molecule has 0 bridgehead atoms. The number of aryl methyl sites for hydroxylation is 2. The van der Waals surface area contributed by atoms with E-state index in [1.54, 1.807) is 128 Å². The van der Waals surface area contributed by atoms with Crippen molar-refractivity contribution in [2.75, 3.05) is 0 Å². The number of hydrogen-bond donors (Lipinski definition) is 3. The second kappa shape index (κ2) is 30.8. The van der Waals surface area contributed by atoms with Crippen LogP contribution in [0.25, 0.3) is 48.5 Å². The van der Waals surface area contributed by atoms with E-state index < -0.39 is 28.9 Å². The molecule has 0 fully saturated rings. The Kier molecular flexibility index (Phi) is 21.6. The Morgan fingerprint density at radius 1 is 0.402 bits per heavy atom. The first-order chi connectivity index (χ1) is 46.8. The van der Waals surface area contributed by atoms with Crippen LogP contribution in [0.15, 0.2) is 213 Å². The Labute approximate surface area is 561 Å². The van der Waals surface area contributed by atoms with Crippen molar-refractivity contribution >= 4 is 119 Å². The van der Waals surface area contributed by atoms with E-state index >= 15 is 0 Å². The number of thiophene rings is 3. The van der Waals surface area contributed by atoms with Crippen LogP contribution >= 0.6 is 34.0 Å². The molecule has 0 aliphatic rings. The second-order valence-corrected chi connectivity index (χ2v) is 23.9. The van der Waals surface area contributed by atoms with Gasteiger partial charge in [0.05, 0.1) is 24.3 Å². The molecule has 0 amide bonds. The zero-order valence-corrected chi connectivity index (χ0v) is 53.1. The number of alkyl halides is 3. The third-order valence-corrected chi connectivity index (χ3v) is 17.7. The maximum absolute atomic E-state index is 13.8. The van der Waals surface area contributed by atoms with Crippen molar-refractivity contribution in [3.8, 4) is 51.7 Å². The highest BCUT2D eigenvalue weighted by atomic mass is 32.1. The number of ketones is 3.